The molecule has 4 rings (SSSR count). The van der Waals surface area contributed by atoms with E-state index in [0.717, 1.165) is 18.3 Å². The van der Waals surface area contributed by atoms with Crippen molar-refractivity contribution in [3.05, 3.63) is 75.6 Å². The van der Waals surface area contributed by atoms with Crippen molar-refractivity contribution in [2.75, 3.05) is 6.54 Å². The average molecular weight is 484 g/mol. The van der Waals surface area contributed by atoms with Gasteiger partial charge in [-0.2, -0.15) is 13.2 Å². The third kappa shape index (κ3) is 4.79. The highest BCUT2D eigenvalue weighted by Crippen LogP contribution is 2.35. The van der Waals surface area contributed by atoms with Crippen molar-refractivity contribution in [3.8, 4) is 11.1 Å². The van der Waals surface area contributed by atoms with E-state index in [1.54, 1.807) is 4.90 Å². The molecule has 0 unspecified atom stereocenters. The van der Waals surface area contributed by atoms with Gasteiger partial charge in [-0.15, -0.1) is 0 Å². The zero-order valence-electron chi connectivity index (χ0n) is 16.8. The molecule has 172 valence electrons. The highest BCUT2D eigenvalue weighted by Gasteiger charge is 2.35. The van der Waals surface area contributed by atoms with Crippen LogP contribution in [0.15, 0.2) is 30.5 Å². The molecular weight excluding hydrogens is 469 g/mol. The molecule has 0 atom stereocenters. The van der Waals surface area contributed by atoms with Gasteiger partial charge in [-0.25, -0.2) is 23.7 Å². The quantitative estimate of drug-likeness (QED) is 0.564. The number of aromatic nitrogens is 3. The minimum atomic E-state index is -4.68. The number of alkyl halides is 3. The summed E-state index contributed by atoms with van der Waals surface area (Å²) in [6, 6.07) is 4.51. The van der Waals surface area contributed by atoms with Crippen LogP contribution in [-0.2, 0) is 25.7 Å². The minimum absolute atomic E-state index is 0.0481. The van der Waals surface area contributed by atoms with Crippen LogP contribution in [0.4, 0.5) is 22.0 Å². The highest BCUT2D eigenvalue weighted by atomic mass is 35.5. The molecule has 1 amide bonds. The van der Waals surface area contributed by atoms with Crippen LogP contribution in [0, 0.1) is 11.6 Å². The van der Waals surface area contributed by atoms with Crippen LogP contribution in [0.25, 0.3) is 11.1 Å². The van der Waals surface area contributed by atoms with Crippen LogP contribution in [0.3, 0.4) is 0 Å². The molecule has 3 heterocycles. The number of hydrogen-bond acceptors (Lipinski definition) is 5. The number of carbonyl (C=O) groups is 1. The summed E-state index contributed by atoms with van der Waals surface area (Å²) in [6.07, 6.45) is -3.38. The lowest BCUT2D eigenvalue weighted by atomic mass is 9.92. The van der Waals surface area contributed by atoms with Gasteiger partial charge in [0.1, 0.15) is 17.3 Å². The van der Waals surface area contributed by atoms with Crippen LogP contribution < -0.4 is 5.73 Å². The van der Waals surface area contributed by atoms with Crippen LogP contribution in [-0.4, -0.2) is 32.3 Å². The van der Waals surface area contributed by atoms with Crippen LogP contribution >= 0.6 is 11.6 Å². The first-order valence-corrected chi connectivity index (χ1v) is 9.99. The van der Waals surface area contributed by atoms with Crippen LogP contribution in [0.5, 0.6) is 0 Å². The summed E-state index contributed by atoms with van der Waals surface area (Å²) in [7, 11) is 0. The second kappa shape index (κ2) is 8.64. The van der Waals surface area contributed by atoms with Crippen molar-refractivity contribution in [3.63, 3.8) is 0 Å². The van der Waals surface area contributed by atoms with E-state index < -0.39 is 29.5 Å². The number of fused-ring (bicyclic) bond motifs is 1. The van der Waals surface area contributed by atoms with Crippen molar-refractivity contribution in [1.29, 1.82) is 0 Å². The first kappa shape index (κ1) is 23.0. The summed E-state index contributed by atoms with van der Waals surface area (Å²) in [5.74, 6) is -3.96. The van der Waals surface area contributed by atoms with Crippen molar-refractivity contribution >= 4 is 17.5 Å². The third-order valence-electron chi connectivity index (χ3n) is 5.14. The molecule has 1 aliphatic rings. The van der Waals surface area contributed by atoms with Gasteiger partial charge in [0.15, 0.2) is 0 Å². The monoisotopic (exact) mass is 483 g/mol. The van der Waals surface area contributed by atoms with Crippen molar-refractivity contribution in [2.24, 2.45) is 5.73 Å². The fourth-order valence-electron chi connectivity index (χ4n) is 3.73. The Hall–Kier alpha value is -3.18. The fourth-order valence-corrected chi connectivity index (χ4v) is 3.92. The van der Waals surface area contributed by atoms with E-state index in [1.807, 2.05) is 0 Å². The molecule has 6 nitrogen and oxygen atoms in total. The lowest BCUT2D eigenvalue weighted by molar-refractivity contribution is -0.145. The summed E-state index contributed by atoms with van der Waals surface area (Å²) >= 11 is 5.72. The predicted octanol–water partition coefficient (Wildman–Crippen LogP) is 4.15. The Balaban J connectivity index is 1.71. The number of pyridine rings is 1. The zero-order chi connectivity index (χ0) is 23.9. The zero-order valence-corrected chi connectivity index (χ0v) is 17.5. The van der Waals surface area contributed by atoms with Crippen LogP contribution in [0.2, 0.25) is 5.02 Å². The van der Waals surface area contributed by atoms with E-state index in [0.29, 0.717) is 17.8 Å². The Morgan fingerprint density at radius 1 is 1.15 bits per heavy atom. The Kier molecular flexibility index (Phi) is 6.02. The van der Waals surface area contributed by atoms with Crippen molar-refractivity contribution in [1.82, 2.24) is 19.9 Å². The maximum Gasteiger partial charge on any atom is 0.451 e. The van der Waals surface area contributed by atoms with Crippen molar-refractivity contribution < 1.29 is 26.7 Å². The Labute approximate surface area is 189 Å². The first-order chi connectivity index (χ1) is 15.5. The number of rotatable bonds is 4. The molecule has 0 saturated carbocycles. The van der Waals surface area contributed by atoms with Gasteiger partial charge in [-0.3, -0.25) is 9.69 Å². The van der Waals surface area contributed by atoms with E-state index in [4.69, 9.17) is 17.3 Å². The number of benzene rings is 1. The molecule has 2 N–H and O–H groups in total. The second-order valence-electron chi connectivity index (χ2n) is 7.42. The highest BCUT2D eigenvalue weighted by molar-refractivity contribution is 6.30. The smallest absolute Gasteiger partial charge is 0.364 e. The second-order valence-corrected chi connectivity index (χ2v) is 7.86. The lowest BCUT2D eigenvalue weighted by Crippen LogP contribution is -2.32. The molecule has 0 bridgehead atoms. The van der Waals surface area contributed by atoms with Gasteiger partial charge < -0.3 is 5.73 Å². The molecule has 0 fully saturated rings. The Morgan fingerprint density at radius 3 is 2.48 bits per heavy atom. The minimum Gasteiger partial charge on any atom is -0.364 e. The van der Waals surface area contributed by atoms with Crippen molar-refractivity contribution in [2.45, 2.75) is 25.7 Å². The molecule has 12 heteroatoms. The van der Waals surface area contributed by atoms with Gasteiger partial charge in [0, 0.05) is 30.9 Å². The van der Waals surface area contributed by atoms with Gasteiger partial charge >= 0.3 is 6.18 Å². The number of primary amides is 1. The van der Waals surface area contributed by atoms with Crippen LogP contribution in [0.1, 0.15) is 33.3 Å². The molecular formula is C21H15ClF5N5O. The Morgan fingerprint density at radius 2 is 1.85 bits per heavy atom. The normalized spacial score (nSPS) is 14.2. The van der Waals surface area contributed by atoms with E-state index in [9.17, 15) is 26.7 Å². The number of nitrogens with two attached hydrogens (primary N) is 1. The molecule has 0 radical (unpaired) electrons. The van der Waals surface area contributed by atoms with E-state index >= 15 is 0 Å². The summed E-state index contributed by atoms with van der Waals surface area (Å²) in [5.41, 5.74) is 5.92. The standard InChI is InChI=1S/C21H15ClF5N5O/c22-10-5-14(23)18(15(24)6-10)13-7-16(19(28)33)31-17-9-32(4-2-12(13)17)8-11-1-3-29-20(30-11)21(25,26)27/h1,3,5-7H,2,4,8-9H2,(H2,28,33). The van der Waals surface area contributed by atoms with Gasteiger partial charge in [0.2, 0.25) is 5.82 Å². The largest absolute Gasteiger partial charge is 0.451 e. The summed E-state index contributed by atoms with van der Waals surface area (Å²) < 4.78 is 67.9. The number of hydrogen-bond donors (Lipinski definition) is 1. The number of carbonyl (C=O) groups excluding carboxylic acids is 1. The predicted molar refractivity (Wildman–Crippen MR) is 108 cm³/mol. The first-order valence-electron chi connectivity index (χ1n) is 9.62. The fraction of sp³-hybridized carbons (Fsp3) is 0.238. The molecule has 1 aromatic carbocycles. The number of halogens is 6. The molecule has 33 heavy (non-hydrogen) atoms. The molecule has 0 aliphatic carbocycles. The molecule has 1 aliphatic heterocycles. The van der Waals surface area contributed by atoms with Gasteiger partial charge in [0.25, 0.3) is 5.91 Å². The maximum atomic E-state index is 14.6. The molecule has 2 aromatic heterocycles. The number of amides is 1. The van der Waals surface area contributed by atoms with E-state index in [-0.39, 0.29) is 47.0 Å². The third-order valence-corrected chi connectivity index (χ3v) is 5.36. The van der Waals surface area contributed by atoms with Gasteiger partial charge in [-0.1, -0.05) is 11.6 Å². The number of nitrogens with zero attached hydrogens (tertiary/aromatic N) is 4. The van der Waals surface area contributed by atoms with E-state index in [1.165, 1.54) is 12.1 Å². The van der Waals surface area contributed by atoms with E-state index in [2.05, 4.69) is 15.0 Å². The average Bonchev–Trinajstić information content (AvgIpc) is 2.72. The SMILES string of the molecule is NC(=O)c1cc(-c2c(F)cc(Cl)cc2F)c2c(n1)CN(Cc1ccnc(C(F)(F)F)n1)CC2. The Bertz CT molecular complexity index is 1230. The lowest BCUT2D eigenvalue weighted by Gasteiger charge is -2.29. The summed E-state index contributed by atoms with van der Waals surface area (Å²) in [5, 5.41) is -0.124. The molecule has 0 saturated heterocycles. The van der Waals surface area contributed by atoms with Gasteiger partial charge in [0.05, 0.1) is 17.0 Å². The summed E-state index contributed by atoms with van der Waals surface area (Å²) in [6.45, 7) is 0.498. The molecule has 0 spiro atoms. The molecule has 3 aromatic rings. The summed E-state index contributed by atoms with van der Waals surface area (Å²) in [4.78, 5) is 24.6. The topological polar surface area (TPSA) is 85.0 Å². The van der Waals surface area contributed by atoms with Gasteiger partial charge in [-0.05, 0) is 41.8 Å². The maximum absolute atomic E-state index is 14.6.